The summed E-state index contributed by atoms with van der Waals surface area (Å²) in [4.78, 5) is 0.263. The Balaban J connectivity index is 3.20. The number of benzene rings is 1. The van der Waals surface area contributed by atoms with Crippen LogP contribution in [0.25, 0.3) is 0 Å². The van der Waals surface area contributed by atoms with Crippen molar-refractivity contribution in [3.63, 3.8) is 0 Å². The SMILES string of the molecule is N#Cc1ccc(S)c(F)c1. The molecule has 50 valence electrons. The molecule has 0 fully saturated rings. The molecule has 0 aliphatic carbocycles. The number of nitrogens with zero attached hydrogens (tertiary/aromatic N) is 1. The zero-order valence-electron chi connectivity index (χ0n) is 5.00. The Kier molecular flexibility index (Phi) is 1.93. The van der Waals surface area contributed by atoms with Gasteiger partial charge in [0.2, 0.25) is 0 Å². The molecule has 0 aliphatic heterocycles. The van der Waals surface area contributed by atoms with Crippen LogP contribution in [0.3, 0.4) is 0 Å². The van der Waals surface area contributed by atoms with Gasteiger partial charge in [0.1, 0.15) is 5.82 Å². The Morgan fingerprint density at radius 3 is 2.70 bits per heavy atom. The van der Waals surface area contributed by atoms with Gasteiger partial charge in [0.05, 0.1) is 11.6 Å². The van der Waals surface area contributed by atoms with E-state index >= 15 is 0 Å². The summed E-state index contributed by atoms with van der Waals surface area (Å²) in [6.45, 7) is 0. The van der Waals surface area contributed by atoms with E-state index in [0.717, 1.165) is 6.07 Å². The summed E-state index contributed by atoms with van der Waals surface area (Å²) in [6.07, 6.45) is 0. The topological polar surface area (TPSA) is 23.8 Å². The molecule has 0 unspecified atom stereocenters. The van der Waals surface area contributed by atoms with Crippen molar-refractivity contribution < 1.29 is 4.39 Å². The number of rotatable bonds is 0. The predicted octanol–water partition coefficient (Wildman–Crippen LogP) is 1.99. The van der Waals surface area contributed by atoms with E-state index in [9.17, 15) is 4.39 Å². The molecule has 1 rings (SSSR count). The van der Waals surface area contributed by atoms with Crippen LogP contribution in [0.4, 0.5) is 4.39 Å². The van der Waals surface area contributed by atoms with Crippen LogP contribution >= 0.6 is 12.6 Å². The lowest BCUT2D eigenvalue weighted by Crippen LogP contribution is -1.79. The average molecular weight is 153 g/mol. The first kappa shape index (κ1) is 7.10. The van der Waals surface area contributed by atoms with E-state index < -0.39 is 5.82 Å². The predicted molar refractivity (Wildman–Crippen MR) is 38.4 cm³/mol. The molecule has 0 heterocycles. The summed E-state index contributed by atoms with van der Waals surface area (Å²) in [7, 11) is 0. The van der Waals surface area contributed by atoms with Gasteiger partial charge in [-0.1, -0.05) is 0 Å². The normalized spacial score (nSPS) is 8.90. The molecule has 0 spiro atoms. The standard InChI is InChI=1S/C7H4FNS/c8-6-3-5(4-9)1-2-7(6)10/h1-3,10H. The molecule has 0 saturated heterocycles. The lowest BCUT2D eigenvalue weighted by molar-refractivity contribution is 0.602. The first-order valence-corrected chi connectivity index (χ1v) is 3.07. The second kappa shape index (κ2) is 2.72. The van der Waals surface area contributed by atoms with E-state index in [1.54, 1.807) is 0 Å². The van der Waals surface area contributed by atoms with Gasteiger partial charge in [0.15, 0.2) is 0 Å². The highest BCUT2D eigenvalue weighted by Gasteiger charge is 1.97. The van der Waals surface area contributed by atoms with E-state index in [-0.39, 0.29) is 4.90 Å². The van der Waals surface area contributed by atoms with Crippen molar-refractivity contribution in [3.8, 4) is 6.07 Å². The van der Waals surface area contributed by atoms with Gasteiger partial charge < -0.3 is 0 Å². The fourth-order valence-corrected chi connectivity index (χ4v) is 0.716. The quantitative estimate of drug-likeness (QED) is 0.566. The van der Waals surface area contributed by atoms with E-state index in [2.05, 4.69) is 12.6 Å². The largest absolute Gasteiger partial charge is 0.206 e. The van der Waals surface area contributed by atoms with E-state index in [0.29, 0.717) is 5.56 Å². The fraction of sp³-hybridized carbons (Fsp3) is 0. The maximum Gasteiger partial charge on any atom is 0.137 e. The minimum absolute atomic E-state index is 0.263. The average Bonchev–Trinajstić information content (AvgIpc) is 1.95. The second-order valence-corrected chi connectivity index (χ2v) is 2.26. The minimum atomic E-state index is -0.456. The number of thiol groups is 1. The first-order valence-electron chi connectivity index (χ1n) is 2.62. The van der Waals surface area contributed by atoms with Crippen molar-refractivity contribution in [1.29, 1.82) is 5.26 Å². The summed E-state index contributed by atoms with van der Waals surface area (Å²) in [5.41, 5.74) is 0.315. The monoisotopic (exact) mass is 153 g/mol. The van der Waals surface area contributed by atoms with Gasteiger partial charge in [-0.05, 0) is 18.2 Å². The highest BCUT2D eigenvalue weighted by Crippen LogP contribution is 2.12. The van der Waals surface area contributed by atoms with E-state index in [4.69, 9.17) is 5.26 Å². The van der Waals surface area contributed by atoms with Gasteiger partial charge >= 0.3 is 0 Å². The highest BCUT2D eigenvalue weighted by atomic mass is 32.1. The summed E-state index contributed by atoms with van der Waals surface area (Å²) in [5.74, 6) is -0.456. The molecule has 0 aromatic heterocycles. The zero-order valence-corrected chi connectivity index (χ0v) is 5.90. The van der Waals surface area contributed by atoms with Crippen LogP contribution in [0, 0.1) is 17.1 Å². The lowest BCUT2D eigenvalue weighted by Gasteiger charge is -1.92. The van der Waals surface area contributed by atoms with Crippen LogP contribution in [0.5, 0.6) is 0 Å². The Hall–Kier alpha value is -1.01. The third-order valence-corrected chi connectivity index (χ3v) is 1.44. The van der Waals surface area contributed by atoms with Gasteiger partial charge in [-0.25, -0.2) is 4.39 Å². The maximum atomic E-state index is 12.5. The van der Waals surface area contributed by atoms with Crippen molar-refractivity contribution in [2.24, 2.45) is 0 Å². The third-order valence-electron chi connectivity index (χ3n) is 1.08. The molecule has 10 heavy (non-hydrogen) atoms. The van der Waals surface area contributed by atoms with Crippen LogP contribution in [-0.4, -0.2) is 0 Å². The van der Waals surface area contributed by atoms with Crippen LogP contribution in [0.15, 0.2) is 23.1 Å². The Morgan fingerprint density at radius 1 is 1.50 bits per heavy atom. The summed E-state index contributed by atoms with van der Waals surface area (Å²) < 4.78 is 12.5. The molecule has 0 radical (unpaired) electrons. The smallest absolute Gasteiger partial charge is 0.137 e. The summed E-state index contributed by atoms with van der Waals surface area (Å²) in [6, 6.07) is 5.95. The van der Waals surface area contributed by atoms with Gasteiger partial charge in [-0.3, -0.25) is 0 Å². The second-order valence-electron chi connectivity index (χ2n) is 1.78. The van der Waals surface area contributed by atoms with Crippen LogP contribution in [0.1, 0.15) is 5.56 Å². The zero-order chi connectivity index (χ0) is 7.56. The van der Waals surface area contributed by atoms with Gasteiger partial charge in [0, 0.05) is 4.90 Å². The van der Waals surface area contributed by atoms with Crippen molar-refractivity contribution in [2.75, 3.05) is 0 Å². The lowest BCUT2D eigenvalue weighted by atomic mass is 10.2. The van der Waals surface area contributed by atoms with E-state index in [1.165, 1.54) is 12.1 Å². The molecule has 0 N–H and O–H groups in total. The van der Waals surface area contributed by atoms with Crippen LogP contribution < -0.4 is 0 Å². The maximum absolute atomic E-state index is 12.5. The molecule has 0 bridgehead atoms. The Morgan fingerprint density at radius 2 is 2.20 bits per heavy atom. The molecule has 1 nitrogen and oxygen atoms in total. The third kappa shape index (κ3) is 1.28. The van der Waals surface area contributed by atoms with Crippen LogP contribution in [-0.2, 0) is 0 Å². The molecule has 0 amide bonds. The number of hydrogen-bond donors (Lipinski definition) is 1. The summed E-state index contributed by atoms with van der Waals surface area (Å²) in [5, 5.41) is 8.31. The molecular weight excluding hydrogens is 149 g/mol. The van der Waals surface area contributed by atoms with Crippen molar-refractivity contribution in [2.45, 2.75) is 4.90 Å². The van der Waals surface area contributed by atoms with Crippen molar-refractivity contribution >= 4 is 12.6 Å². The fourth-order valence-electron chi connectivity index (χ4n) is 0.576. The number of halogens is 1. The van der Waals surface area contributed by atoms with Crippen LogP contribution in [0.2, 0.25) is 0 Å². The molecular formula is C7H4FNS. The van der Waals surface area contributed by atoms with Gasteiger partial charge in [0.25, 0.3) is 0 Å². The van der Waals surface area contributed by atoms with E-state index in [1.807, 2.05) is 6.07 Å². The highest BCUT2D eigenvalue weighted by molar-refractivity contribution is 7.80. The minimum Gasteiger partial charge on any atom is -0.206 e. The molecule has 0 saturated carbocycles. The van der Waals surface area contributed by atoms with Gasteiger partial charge in [-0.15, -0.1) is 12.6 Å². The first-order chi connectivity index (χ1) is 4.74. The van der Waals surface area contributed by atoms with Crippen molar-refractivity contribution in [3.05, 3.63) is 29.6 Å². The molecule has 3 heteroatoms. The Bertz CT molecular complexity index is 290. The molecule has 1 aromatic rings. The number of nitriles is 1. The molecule has 0 aliphatic rings. The molecule has 0 atom stereocenters. The summed E-state index contributed by atoms with van der Waals surface area (Å²) >= 11 is 3.80. The van der Waals surface area contributed by atoms with Gasteiger partial charge in [-0.2, -0.15) is 5.26 Å². The molecule has 1 aromatic carbocycles. The number of hydrogen-bond acceptors (Lipinski definition) is 2. The Labute approximate surface area is 63.5 Å². The van der Waals surface area contributed by atoms with Crippen molar-refractivity contribution in [1.82, 2.24) is 0 Å².